The van der Waals surface area contributed by atoms with E-state index in [-0.39, 0.29) is 18.0 Å². The normalized spacial score (nSPS) is 14.6. The Morgan fingerprint density at radius 1 is 1.00 bits per heavy atom. The van der Waals surface area contributed by atoms with Gasteiger partial charge in [0.25, 0.3) is 0 Å². The van der Waals surface area contributed by atoms with Gasteiger partial charge in [-0.3, -0.25) is 4.79 Å². The van der Waals surface area contributed by atoms with E-state index in [1.807, 2.05) is 18.2 Å². The van der Waals surface area contributed by atoms with Crippen LogP contribution >= 0.6 is 0 Å². The summed E-state index contributed by atoms with van der Waals surface area (Å²) in [7, 11) is 0. The van der Waals surface area contributed by atoms with E-state index in [0.29, 0.717) is 11.8 Å². The Labute approximate surface area is 110 Å². The average Bonchev–Trinajstić information content (AvgIpc) is 2.28. The van der Waals surface area contributed by atoms with Crippen LogP contribution in [0.4, 0.5) is 0 Å². The number of rotatable bonds is 5. The minimum absolute atomic E-state index is 0.0649. The molecule has 1 aromatic carbocycles. The van der Waals surface area contributed by atoms with Crippen molar-refractivity contribution in [1.29, 1.82) is 0 Å². The molecule has 0 aliphatic carbocycles. The molecular formula is C16H24O2. The van der Waals surface area contributed by atoms with Gasteiger partial charge in [-0.2, -0.15) is 0 Å². The predicted octanol–water partition coefficient (Wildman–Crippen LogP) is 4.01. The number of hydrogen-bond acceptors (Lipinski definition) is 2. The number of benzene rings is 1. The molecule has 0 amide bonds. The minimum atomic E-state index is -0.199. The topological polar surface area (TPSA) is 26.3 Å². The van der Waals surface area contributed by atoms with E-state index < -0.39 is 0 Å². The summed E-state index contributed by atoms with van der Waals surface area (Å²) in [6.45, 7) is 10.0. The van der Waals surface area contributed by atoms with Gasteiger partial charge in [-0.05, 0) is 17.4 Å². The Bertz CT molecular complexity index is 368. The van der Waals surface area contributed by atoms with E-state index >= 15 is 0 Å². The van der Waals surface area contributed by atoms with Gasteiger partial charge in [0.1, 0.15) is 6.10 Å². The molecule has 0 heterocycles. The van der Waals surface area contributed by atoms with E-state index in [4.69, 9.17) is 4.74 Å². The number of carbonyl (C=O) groups is 1. The Kier molecular flexibility index (Phi) is 5.39. The fourth-order valence-corrected chi connectivity index (χ4v) is 2.44. The van der Waals surface area contributed by atoms with E-state index in [0.717, 1.165) is 0 Å². The Morgan fingerprint density at radius 2 is 1.56 bits per heavy atom. The Balaban J connectivity index is 3.05. The van der Waals surface area contributed by atoms with Crippen molar-refractivity contribution >= 4 is 5.97 Å². The van der Waals surface area contributed by atoms with Crippen LogP contribution < -0.4 is 0 Å². The zero-order valence-electron chi connectivity index (χ0n) is 12.0. The van der Waals surface area contributed by atoms with Crippen LogP contribution in [0, 0.1) is 11.8 Å². The van der Waals surface area contributed by atoms with Gasteiger partial charge in [0.05, 0.1) is 0 Å². The lowest BCUT2D eigenvalue weighted by Crippen LogP contribution is -2.32. The fraction of sp³-hybridized carbons (Fsp3) is 0.562. The molecule has 0 spiro atoms. The van der Waals surface area contributed by atoms with Crippen molar-refractivity contribution in [2.24, 2.45) is 11.8 Å². The van der Waals surface area contributed by atoms with Gasteiger partial charge in [0.15, 0.2) is 0 Å². The highest BCUT2D eigenvalue weighted by molar-refractivity contribution is 5.66. The third kappa shape index (κ3) is 3.86. The quantitative estimate of drug-likeness (QED) is 0.736. The van der Waals surface area contributed by atoms with E-state index in [2.05, 4.69) is 39.8 Å². The summed E-state index contributed by atoms with van der Waals surface area (Å²) in [6, 6.07) is 10.3. The second-order valence-electron chi connectivity index (χ2n) is 5.50. The molecule has 1 aromatic rings. The van der Waals surface area contributed by atoms with Crippen LogP contribution in [0.5, 0.6) is 0 Å². The van der Waals surface area contributed by atoms with Crippen molar-refractivity contribution in [2.45, 2.75) is 46.6 Å². The molecule has 18 heavy (non-hydrogen) atoms. The van der Waals surface area contributed by atoms with Crippen LogP contribution in [0.2, 0.25) is 0 Å². The highest BCUT2D eigenvalue weighted by Gasteiger charge is 2.30. The molecule has 2 unspecified atom stereocenters. The molecule has 0 N–H and O–H groups in total. The molecule has 0 aliphatic heterocycles. The van der Waals surface area contributed by atoms with Crippen LogP contribution in [0.3, 0.4) is 0 Å². The highest BCUT2D eigenvalue weighted by atomic mass is 16.5. The molecule has 0 radical (unpaired) electrons. The van der Waals surface area contributed by atoms with Crippen molar-refractivity contribution in [3.8, 4) is 0 Å². The number of esters is 1. The molecule has 0 aliphatic rings. The molecule has 100 valence electrons. The summed E-state index contributed by atoms with van der Waals surface area (Å²) in [4.78, 5) is 11.3. The third-order valence-electron chi connectivity index (χ3n) is 3.22. The first-order valence-electron chi connectivity index (χ1n) is 6.65. The maximum atomic E-state index is 11.3. The Hall–Kier alpha value is -1.31. The predicted molar refractivity (Wildman–Crippen MR) is 74.4 cm³/mol. The van der Waals surface area contributed by atoms with Gasteiger partial charge < -0.3 is 4.74 Å². The first-order valence-corrected chi connectivity index (χ1v) is 6.65. The second-order valence-corrected chi connectivity index (χ2v) is 5.50. The van der Waals surface area contributed by atoms with Gasteiger partial charge in [-0.1, -0.05) is 58.0 Å². The molecule has 2 nitrogen and oxygen atoms in total. The molecule has 0 bridgehead atoms. The van der Waals surface area contributed by atoms with Crippen molar-refractivity contribution in [1.82, 2.24) is 0 Å². The molecular weight excluding hydrogens is 224 g/mol. The summed E-state index contributed by atoms with van der Waals surface area (Å²) in [5.74, 6) is 0.783. The standard InChI is InChI=1S/C16H24O2/c1-11(2)15(14-9-7-6-8-10-14)16(12(3)4)18-13(5)17/h6-12,15-16H,1-5H3. The monoisotopic (exact) mass is 248 g/mol. The maximum absolute atomic E-state index is 11.3. The van der Waals surface area contributed by atoms with Gasteiger partial charge >= 0.3 is 5.97 Å². The van der Waals surface area contributed by atoms with Gasteiger partial charge in [0, 0.05) is 12.8 Å². The fourth-order valence-electron chi connectivity index (χ4n) is 2.44. The average molecular weight is 248 g/mol. The molecule has 2 heteroatoms. The zero-order chi connectivity index (χ0) is 13.7. The largest absolute Gasteiger partial charge is 0.462 e. The number of hydrogen-bond donors (Lipinski definition) is 0. The molecule has 0 fully saturated rings. The lowest BCUT2D eigenvalue weighted by Gasteiger charge is -2.32. The van der Waals surface area contributed by atoms with Gasteiger partial charge in [-0.15, -0.1) is 0 Å². The zero-order valence-corrected chi connectivity index (χ0v) is 12.0. The van der Waals surface area contributed by atoms with Crippen molar-refractivity contribution in [2.75, 3.05) is 0 Å². The lowest BCUT2D eigenvalue weighted by molar-refractivity contribution is -0.150. The van der Waals surface area contributed by atoms with Gasteiger partial charge in [0.2, 0.25) is 0 Å². The van der Waals surface area contributed by atoms with E-state index in [9.17, 15) is 4.79 Å². The van der Waals surface area contributed by atoms with Crippen LogP contribution in [0.15, 0.2) is 30.3 Å². The van der Waals surface area contributed by atoms with Crippen LogP contribution in [-0.2, 0) is 9.53 Å². The summed E-state index contributed by atoms with van der Waals surface area (Å²) in [5.41, 5.74) is 1.24. The van der Waals surface area contributed by atoms with Crippen LogP contribution in [0.25, 0.3) is 0 Å². The summed E-state index contributed by atoms with van der Waals surface area (Å²) >= 11 is 0. The molecule has 0 saturated carbocycles. The van der Waals surface area contributed by atoms with E-state index in [1.165, 1.54) is 12.5 Å². The third-order valence-corrected chi connectivity index (χ3v) is 3.22. The number of carbonyl (C=O) groups excluding carboxylic acids is 1. The summed E-state index contributed by atoms with van der Waals surface area (Å²) in [6.07, 6.45) is -0.0649. The van der Waals surface area contributed by atoms with Crippen LogP contribution in [-0.4, -0.2) is 12.1 Å². The maximum Gasteiger partial charge on any atom is 0.302 e. The summed E-state index contributed by atoms with van der Waals surface area (Å²) < 4.78 is 5.55. The molecule has 0 aromatic heterocycles. The Morgan fingerprint density at radius 3 is 1.94 bits per heavy atom. The van der Waals surface area contributed by atoms with Crippen LogP contribution in [0.1, 0.15) is 46.1 Å². The van der Waals surface area contributed by atoms with Crippen molar-refractivity contribution in [3.05, 3.63) is 35.9 Å². The molecule has 0 saturated heterocycles. The first kappa shape index (κ1) is 14.7. The molecule has 2 atom stereocenters. The molecule has 1 rings (SSSR count). The summed E-state index contributed by atoms with van der Waals surface area (Å²) in [5, 5.41) is 0. The second kappa shape index (κ2) is 6.58. The lowest BCUT2D eigenvalue weighted by atomic mass is 9.79. The van der Waals surface area contributed by atoms with E-state index in [1.54, 1.807) is 0 Å². The SMILES string of the molecule is CC(=O)OC(C(C)C)C(c1ccccc1)C(C)C. The first-order chi connectivity index (χ1) is 8.43. The van der Waals surface area contributed by atoms with Crippen molar-refractivity contribution in [3.63, 3.8) is 0 Å². The van der Waals surface area contributed by atoms with Crippen molar-refractivity contribution < 1.29 is 9.53 Å². The minimum Gasteiger partial charge on any atom is -0.462 e. The highest BCUT2D eigenvalue weighted by Crippen LogP contribution is 2.33. The smallest absolute Gasteiger partial charge is 0.302 e. The number of ether oxygens (including phenoxy) is 1. The van der Waals surface area contributed by atoms with Gasteiger partial charge in [-0.25, -0.2) is 0 Å².